The first-order chi connectivity index (χ1) is 4.81. The van der Waals surface area contributed by atoms with Gasteiger partial charge in [0.25, 0.3) is 0 Å². The number of hydrogen-bond acceptors (Lipinski definition) is 2. The van der Waals surface area contributed by atoms with Crippen LogP contribution in [0.25, 0.3) is 0 Å². The summed E-state index contributed by atoms with van der Waals surface area (Å²) in [6.07, 6.45) is 3.52. The SMILES string of the molecule is CCCCC(C)(C)C(C)(N)N. The Balaban J connectivity index is 4.00. The standard InChI is InChI=1S/C9H22N2/c1-5-6-7-8(2,3)9(4,10)11/h5-7,10-11H2,1-4H3. The number of unbranched alkanes of at least 4 members (excludes halogenated alkanes) is 1. The number of nitrogens with two attached hydrogens (primary N) is 2. The fourth-order valence-electron chi connectivity index (χ4n) is 0.888. The first-order valence-corrected chi connectivity index (χ1v) is 4.39. The minimum Gasteiger partial charge on any atom is -0.313 e. The minimum absolute atomic E-state index is 0.0447. The second kappa shape index (κ2) is 3.55. The molecule has 4 N–H and O–H groups in total. The molecule has 0 aromatic carbocycles. The van der Waals surface area contributed by atoms with E-state index >= 15 is 0 Å². The van der Waals surface area contributed by atoms with E-state index in [-0.39, 0.29) is 5.41 Å². The highest BCUT2D eigenvalue weighted by atomic mass is 15.0. The van der Waals surface area contributed by atoms with Gasteiger partial charge in [-0.05, 0) is 18.8 Å². The fraction of sp³-hybridized carbons (Fsp3) is 1.00. The lowest BCUT2D eigenvalue weighted by Crippen LogP contribution is -2.57. The molecule has 2 heteroatoms. The highest BCUT2D eigenvalue weighted by molar-refractivity contribution is 4.88. The fourth-order valence-corrected chi connectivity index (χ4v) is 0.888. The third-order valence-electron chi connectivity index (χ3n) is 2.61. The Morgan fingerprint density at radius 2 is 1.55 bits per heavy atom. The molecule has 68 valence electrons. The molecule has 0 saturated heterocycles. The molecule has 0 radical (unpaired) electrons. The third kappa shape index (κ3) is 3.21. The Morgan fingerprint density at radius 1 is 1.09 bits per heavy atom. The van der Waals surface area contributed by atoms with Crippen molar-refractivity contribution >= 4 is 0 Å². The van der Waals surface area contributed by atoms with Gasteiger partial charge in [0.1, 0.15) is 0 Å². The van der Waals surface area contributed by atoms with Gasteiger partial charge in [0, 0.05) is 0 Å². The lowest BCUT2D eigenvalue weighted by Gasteiger charge is -2.38. The zero-order chi connectivity index (χ0) is 9.12. The maximum Gasteiger partial charge on any atom is 0.0660 e. The molecule has 2 nitrogen and oxygen atoms in total. The minimum atomic E-state index is -0.553. The molecule has 0 aliphatic rings. The summed E-state index contributed by atoms with van der Waals surface area (Å²) < 4.78 is 0. The van der Waals surface area contributed by atoms with Crippen molar-refractivity contribution in [3.05, 3.63) is 0 Å². The van der Waals surface area contributed by atoms with Crippen LogP contribution >= 0.6 is 0 Å². The van der Waals surface area contributed by atoms with Crippen LogP contribution in [0, 0.1) is 5.41 Å². The Morgan fingerprint density at radius 3 is 1.82 bits per heavy atom. The quantitative estimate of drug-likeness (QED) is 0.613. The molecule has 0 atom stereocenters. The topological polar surface area (TPSA) is 52.0 Å². The van der Waals surface area contributed by atoms with Crippen LogP contribution in [0.1, 0.15) is 47.0 Å². The van der Waals surface area contributed by atoms with E-state index in [1.54, 1.807) is 0 Å². The third-order valence-corrected chi connectivity index (χ3v) is 2.61. The summed E-state index contributed by atoms with van der Waals surface area (Å²) in [6, 6.07) is 0. The van der Waals surface area contributed by atoms with Crippen LogP contribution in [-0.4, -0.2) is 5.66 Å². The Kier molecular flexibility index (Phi) is 3.52. The first-order valence-electron chi connectivity index (χ1n) is 4.39. The molecule has 0 amide bonds. The lowest BCUT2D eigenvalue weighted by molar-refractivity contribution is 0.169. The van der Waals surface area contributed by atoms with Crippen molar-refractivity contribution in [3.63, 3.8) is 0 Å². The van der Waals surface area contributed by atoms with Gasteiger partial charge < -0.3 is 11.5 Å². The van der Waals surface area contributed by atoms with Crippen LogP contribution in [0.3, 0.4) is 0 Å². The second-order valence-electron chi connectivity index (χ2n) is 4.27. The zero-order valence-electron chi connectivity index (χ0n) is 8.28. The summed E-state index contributed by atoms with van der Waals surface area (Å²) in [4.78, 5) is 0. The number of rotatable bonds is 4. The van der Waals surface area contributed by atoms with Crippen LogP contribution in [0.4, 0.5) is 0 Å². The zero-order valence-corrected chi connectivity index (χ0v) is 8.28. The monoisotopic (exact) mass is 158 g/mol. The van der Waals surface area contributed by atoms with Crippen molar-refractivity contribution < 1.29 is 0 Å². The van der Waals surface area contributed by atoms with Crippen LogP contribution in [0.2, 0.25) is 0 Å². The van der Waals surface area contributed by atoms with Crippen molar-refractivity contribution in [2.75, 3.05) is 0 Å². The maximum absolute atomic E-state index is 5.83. The van der Waals surface area contributed by atoms with E-state index in [2.05, 4.69) is 20.8 Å². The summed E-state index contributed by atoms with van der Waals surface area (Å²) >= 11 is 0. The predicted molar refractivity (Wildman–Crippen MR) is 50.1 cm³/mol. The van der Waals surface area contributed by atoms with Crippen molar-refractivity contribution in [2.45, 2.75) is 52.6 Å². The Hall–Kier alpha value is -0.0800. The van der Waals surface area contributed by atoms with Gasteiger partial charge in [0.15, 0.2) is 0 Å². The average molecular weight is 158 g/mol. The average Bonchev–Trinajstić information content (AvgIpc) is 1.81. The Labute approximate surface area is 70.3 Å². The van der Waals surface area contributed by atoms with E-state index in [9.17, 15) is 0 Å². The normalized spacial score (nSPS) is 13.6. The first kappa shape index (κ1) is 10.9. The van der Waals surface area contributed by atoms with E-state index in [4.69, 9.17) is 11.5 Å². The summed E-state index contributed by atoms with van der Waals surface area (Å²) in [7, 11) is 0. The molecule has 0 rings (SSSR count). The summed E-state index contributed by atoms with van der Waals surface area (Å²) in [5.41, 5.74) is 11.2. The highest BCUT2D eigenvalue weighted by Crippen LogP contribution is 2.30. The smallest absolute Gasteiger partial charge is 0.0660 e. The molecular formula is C9H22N2. The summed E-state index contributed by atoms with van der Waals surface area (Å²) in [6.45, 7) is 8.33. The van der Waals surface area contributed by atoms with E-state index in [1.807, 2.05) is 6.92 Å². The molecule has 11 heavy (non-hydrogen) atoms. The van der Waals surface area contributed by atoms with Gasteiger partial charge >= 0.3 is 0 Å². The van der Waals surface area contributed by atoms with Gasteiger partial charge in [-0.3, -0.25) is 0 Å². The molecule has 0 aliphatic carbocycles. The molecular weight excluding hydrogens is 136 g/mol. The van der Waals surface area contributed by atoms with Gasteiger partial charge in [-0.2, -0.15) is 0 Å². The molecule has 0 unspecified atom stereocenters. The molecule has 0 aromatic heterocycles. The highest BCUT2D eigenvalue weighted by Gasteiger charge is 2.32. The molecule has 0 bridgehead atoms. The molecule has 0 aromatic rings. The van der Waals surface area contributed by atoms with E-state index < -0.39 is 5.66 Å². The van der Waals surface area contributed by atoms with Crippen molar-refractivity contribution in [1.29, 1.82) is 0 Å². The van der Waals surface area contributed by atoms with Gasteiger partial charge in [0.2, 0.25) is 0 Å². The molecule has 0 fully saturated rings. The lowest BCUT2D eigenvalue weighted by atomic mass is 9.77. The number of hydrogen-bond donors (Lipinski definition) is 2. The van der Waals surface area contributed by atoms with Crippen LogP contribution in [-0.2, 0) is 0 Å². The van der Waals surface area contributed by atoms with Gasteiger partial charge in [0.05, 0.1) is 5.66 Å². The second-order valence-corrected chi connectivity index (χ2v) is 4.27. The van der Waals surface area contributed by atoms with Crippen molar-refractivity contribution in [3.8, 4) is 0 Å². The molecule has 0 aliphatic heterocycles. The summed E-state index contributed by atoms with van der Waals surface area (Å²) in [5.74, 6) is 0. The van der Waals surface area contributed by atoms with Crippen molar-refractivity contribution in [2.24, 2.45) is 16.9 Å². The van der Waals surface area contributed by atoms with E-state index in [0.717, 1.165) is 6.42 Å². The van der Waals surface area contributed by atoms with E-state index in [1.165, 1.54) is 12.8 Å². The van der Waals surface area contributed by atoms with Gasteiger partial charge in [-0.25, -0.2) is 0 Å². The molecule has 0 saturated carbocycles. The summed E-state index contributed by atoms with van der Waals surface area (Å²) in [5, 5.41) is 0. The van der Waals surface area contributed by atoms with Gasteiger partial charge in [-0.15, -0.1) is 0 Å². The van der Waals surface area contributed by atoms with Crippen LogP contribution < -0.4 is 11.5 Å². The largest absolute Gasteiger partial charge is 0.313 e. The molecule has 0 spiro atoms. The van der Waals surface area contributed by atoms with Gasteiger partial charge in [-0.1, -0.05) is 33.6 Å². The molecule has 0 heterocycles. The maximum atomic E-state index is 5.83. The van der Waals surface area contributed by atoms with Crippen molar-refractivity contribution in [1.82, 2.24) is 0 Å². The van der Waals surface area contributed by atoms with Crippen LogP contribution in [0.15, 0.2) is 0 Å². The predicted octanol–water partition coefficient (Wildman–Crippen LogP) is 1.84. The van der Waals surface area contributed by atoms with Crippen LogP contribution in [0.5, 0.6) is 0 Å². The Bertz CT molecular complexity index is 111. The van der Waals surface area contributed by atoms with E-state index in [0.29, 0.717) is 0 Å².